The maximum Gasteiger partial charge on any atom is 0.267 e. The quantitative estimate of drug-likeness (QED) is 0.571. The number of ether oxygens (including phenoxy) is 1. The molecule has 1 amide bonds. The van der Waals surface area contributed by atoms with Crippen molar-refractivity contribution in [2.75, 3.05) is 49.6 Å². The number of hydrogen-bond acceptors (Lipinski definition) is 7. The van der Waals surface area contributed by atoms with Crippen LogP contribution in [0.15, 0.2) is 64.0 Å². The van der Waals surface area contributed by atoms with Gasteiger partial charge in [-0.3, -0.25) is 9.59 Å². The molecule has 0 bridgehead atoms. The summed E-state index contributed by atoms with van der Waals surface area (Å²) in [6, 6.07) is 14.8. The molecule has 0 radical (unpaired) electrons. The third-order valence-electron chi connectivity index (χ3n) is 5.45. The summed E-state index contributed by atoms with van der Waals surface area (Å²) < 4.78 is 11.9. The van der Waals surface area contributed by atoms with Crippen LogP contribution in [0.2, 0.25) is 0 Å². The number of amides is 1. The third-order valence-corrected chi connectivity index (χ3v) is 5.45. The lowest BCUT2D eigenvalue weighted by molar-refractivity contribution is -0.121. The van der Waals surface area contributed by atoms with Gasteiger partial charge in [-0.25, -0.2) is 4.68 Å². The van der Waals surface area contributed by atoms with Crippen molar-refractivity contribution in [1.29, 1.82) is 0 Å². The lowest BCUT2D eigenvalue weighted by atomic mass is 10.2. The van der Waals surface area contributed by atoms with E-state index in [1.165, 1.54) is 10.7 Å². The molecule has 1 aliphatic rings. The summed E-state index contributed by atoms with van der Waals surface area (Å²) in [4.78, 5) is 28.9. The summed E-state index contributed by atoms with van der Waals surface area (Å²) in [7, 11) is 1.68. The fraction of sp³-hybridized carbons (Fsp3) is 0.348. The standard InChI is InChI=1S/C23H27N5O4/c1-31-20-7-3-2-6-19(20)26-12-14-27(15-13-26)21-8-9-23(30)28(25-21)17-22(29)24-11-10-18-5-4-16-32-18/h2-9,16H,10-15,17H2,1H3,(H,24,29). The number of nitrogens with zero attached hydrogens (tertiary/aromatic N) is 4. The van der Waals surface area contributed by atoms with E-state index in [1.54, 1.807) is 19.4 Å². The summed E-state index contributed by atoms with van der Waals surface area (Å²) in [5.74, 6) is 2.08. The monoisotopic (exact) mass is 437 g/mol. The van der Waals surface area contributed by atoms with Gasteiger partial charge in [-0.05, 0) is 30.3 Å². The molecule has 0 unspecified atom stereocenters. The number of piperazine rings is 1. The number of rotatable bonds is 8. The van der Waals surface area contributed by atoms with E-state index in [2.05, 4.69) is 26.3 Å². The molecule has 0 aliphatic carbocycles. The maximum absolute atomic E-state index is 12.3. The van der Waals surface area contributed by atoms with Crippen molar-refractivity contribution in [3.8, 4) is 5.75 Å². The molecule has 0 atom stereocenters. The van der Waals surface area contributed by atoms with Gasteiger partial charge in [-0.1, -0.05) is 12.1 Å². The number of anilines is 2. The first-order valence-electron chi connectivity index (χ1n) is 10.6. The number of carbonyl (C=O) groups is 1. The van der Waals surface area contributed by atoms with E-state index in [0.29, 0.717) is 18.8 Å². The van der Waals surface area contributed by atoms with E-state index in [0.717, 1.165) is 43.4 Å². The molecular weight excluding hydrogens is 410 g/mol. The Kier molecular flexibility index (Phi) is 6.74. The minimum atomic E-state index is -0.303. The molecule has 2 aromatic heterocycles. The molecule has 0 saturated carbocycles. The molecule has 1 aromatic carbocycles. The van der Waals surface area contributed by atoms with Crippen LogP contribution >= 0.6 is 0 Å². The minimum absolute atomic E-state index is 0.119. The second kappa shape index (κ2) is 10.0. The van der Waals surface area contributed by atoms with Crippen molar-refractivity contribution in [3.05, 3.63) is 70.9 Å². The Morgan fingerprint density at radius 3 is 2.59 bits per heavy atom. The lowest BCUT2D eigenvalue weighted by Crippen LogP contribution is -2.47. The van der Waals surface area contributed by atoms with Crippen LogP contribution < -0.4 is 25.4 Å². The smallest absolute Gasteiger partial charge is 0.267 e. The zero-order valence-electron chi connectivity index (χ0n) is 18.1. The highest BCUT2D eigenvalue weighted by Gasteiger charge is 2.21. The summed E-state index contributed by atoms with van der Waals surface area (Å²) in [6.07, 6.45) is 2.19. The molecule has 4 rings (SSSR count). The molecular formula is C23H27N5O4. The number of nitrogens with one attached hydrogen (secondary N) is 1. The van der Waals surface area contributed by atoms with E-state index in [9.17, 15) is 9.59 Å². The largest absolute Gasteiger partial charge is 0.495 e. The van der Waals surface area contributed by atoms with E-state index in [4.69, 9.17) is 9.15 Å². The Morgan fingerprint density at radius 1 is 1.06 bits per heavy atom. The highest BCUT2D eigenvalue weighted by Crippen LogP contribution is 2.28. The second-order valence-electron chi connectivity index (χ2n) is 7.51. The molecule has 1 fully saturated rings. The second-order valence-corrected chi connectivity index (χ2v) is 7.51. The van der Waals surface area contributed by atoms with Crippen LogP contribution in [0.25, 0.3) is 0 Å². The predicted octanol–water partition coefficient (Wildman–Crippen LogP) is 1.53. The number of hydrogen-bond donors (Lipinski definition) is 1. The maximum atomic E-state index is 12.3. The Hall–Kier alpha value is -3.75. The molecule has 0 spiro atoms. The van der Waals surface area contributed by atoms with Gasteiger partial charge >= 0.3 is 0 Å². The Balaban J connectivity index is 1.34. The van der Waals surface area contributed by atoms with Crippen LogP contribution in [-0.4, -0.2) is 55.5 Å². The Labute approximate surface area is 186 Å². The average Bonchev–Trinajstić information content (AvgIpc) is 3.34. The third kappa shape index (κ3) is 5.11. The van der Waals surface area contributed by atoms with Crippen LogP contribution in [0.5, 0.6) is 5.75 Å². The number of benzene rings is 1. The van der Waals surface area contributed by atoms with Crippen LogP contribution in [0.4, 0.5) is 11.5 Å². The Morgan fingerprint density at radius 2 is 1.84 bits per heavy atom. The molecule has 9 heteroatoms. The van der Waals surface area contributed by atoms with Gasteiger partial charge in [0, 0.05) is 45.2 Å². The van der Waals surface area contributed by atoms with Crippen molar-refractivity contribution >= 4 is 17.4 Å². The number of para-hydroxylation sites is 2. The van der Waals surface area contributed by atoms with Gasteiger partial charge in [0.1, 0.15) is 23.9 Å². The predicted molar refractivity (Wildman–Crippen MR) is 121 cm³/mol. The summed E-state index contributed by atoms with van der Waals surface area (Å²) in [5.41, 5.74) is 0.765. The van der Waals surface area contributed by atoms with E-state index in [1.807, 2.05) is 30.3 Å². The topological polar surface area (TPSA) is 92.8 Å². The Bertz CT molecular complexity index is 1090. The molecule has 9 nitrogen and oxygen atoms in total. The first-order chi connectivity index (χ1) is 15.6. The van der Waals surface area contributed by atoms with Crippen molar-refractivity contribution in [1.82, 2.24) is 15.1 Å². The van der Waals surface area contributed by atoms with Gasteiger partial charge < -0.3 is 24.3 Å². The van der Waals surface area contributed by atoms with E-state index in [-0.39, 0.29) is 18.0 Å². The van der Waals surface area contributed by atoms with Gasteiger partial charge in [0.05, 0.1) is 19.1 Å². The SMILES string of the molecule is COc1ccccc1N1CCN(c2ccc(=O)n(CC(=O)NCCc3ccco3)n2)CC1. The van der Waals surface area contributed by atoms with E-state index >= 15 is 0 Å². The van der Waals surface area contributed by atoms with Crippen molar-refractivity contribution in [3.63, 3.8) is 0 Å². The van der Waals surface area contributed by atoms with Crippen molar-refractivity contribution < 1.29 is 13.9 Å². The first-order valence-corrected chi connectivity index (χ1v) is 10.6. The van der Waals surface area contributed by atoms with Crippen LogP contribution in [-0.2, 0) is 17.8 Å². The molecule has 32 heavy (non-hydrogen) atoms. The van der Waals surface area contributed by atoms with Crippen LogP contribution in [0.1, 0.15) is 5.76 Å². The van der Waals surface area contributed by atoms with Gasteiger partial charge in [-0.15, -0.1) is 0 Å². The van der Waals surface area contributed by atoms with Gasteiger partial charge in [0.2, 0.25) is 5.91 Å². The zero-order valence-corrected chi connectivity index (χ0v) is 18.1. The highest BCUT2D eigenvalue weighted by molar-refractivity contribution is 5.75. The molecule has 1 saturated heterocycles. The van der Waals surface area contributed by atoms with Crippen LogP contribution in [0.3, 0.4) is 0 Å². The van der Waals surface area contributed by atoms with Gasteiger partial charge in [0.25, 0.3) is 5.56 Å². The first kappa shape index (κ1) is 21.5. The lowest BCUT2D eigenvalue weighted by Gasteiger charge is -2.37. The number of furan rings is 1. The number of methoxy groups -OCH3 is 1. The normalized spacial score (nSPS) is 13.8. The van der Waals surface area contributed by atoms with Crippen molar-refractivity contribution in [2.24, 2.45) is 0 Å². The zero-order chi connectivity index (χ0) is 22.3. The van der Waals surface area contributed by atoms with Gasteiger partial charge in [0.15, 0.2) is 0 Å². The minimum Gasteiger partial charge on any atom is -0.495 e. The number of aromatic nitrogens is 2. The fourth-order valence-electron chi connectivity index (χ4n) is 3.76. The van der Waals surface area contributed by atoms with Crippen LogP contribution in [0, 0.1) is 0 Å². The summed E-state index contributed by atoms with van der Waals surface area (Å²) in [5, 5.41) is 7.23. The summed E-state index contributed by atoms with van der Waals surface area (Å²) >= 11 is 0. The molecule has 168 valence electrons. The fourth-order valence-corrected chi connectivity index (χ4v) is 3.76. The van der Waals surface area contributed by atoms with Crippen molar-refractivity contribution in [2.45, 2.75) is 13.0 Å². The molecule has 3 aromatic rings. The van der Waals surface area contributed by atoms with E-state index < -0.39 is 0 Å². The average molecular weight is 438 g/mol. The number of carbonyl (C=O) groups excluding carboxylic acids is 1. The highest BCUT2D eigenvalue weighted by atomic mass is 16.5. The summed E-state index contributed by atoms with van der Waals surface area (Å²) in [6.45, 7) is 3.41. The molecule has 1 N–H and O–H groups in total. The molecule has 3 heterocycles. The van der Waals surface area contributed by atoms with Gasteiger partial charge in [-0.2, -0.15) is 5.10 Å². The molecule has 1 aliphatic heterocycles.